The van der Waals surface area contributed by atoms with Crippen LogP contribution in [0.2, 0.25) is 0 Å². The van der Waals surface area contributed by atoms with Gasteiger partial charge in [0.05, 0.1) is 6.10 Å². The normalized spacial score (nSPS) is 29.4. The monoisotopic (exact) mass is 187 g/mol. The van der Waals surface area contributed by atoms with Crippen LogP contribution in [0.4, 0.5) is 4.79 Å². The van der Waals surface area contributed by atoms with Gasteiger partial charge in [-0.3, -0.25) is 0 Å². The van der Waals surface area contributed by atoms with Crippen molar-refractivity contribution in [2.24, 2.45) is 5.73 Å². The molecule has 13 heavy (non-hydrogen) atoms. The van der Waals surface area contributed by atoms with Crippen molar-refractivity contribution < 1.29 is 9.90 Å². The topological polar surface area (TPSA) is 78.6 Å². The molecular formula is C8H17N3O2. The molecule has 2 amide bonds. The lowest BCUT2D eigenvalue weighted by Gasteiger charge is -2.26. The summed E-state index contributed by atoms with van der Waals surface area (Å²) in [6.45, 7) is 1.50. The zero-order chi connectivity index (χ0) is 9.84. The van der Waals surface area contributed by atoms with E-state index < -0.39 is 6.03 Å². The fraction of sp³-hybridized carbons (Fsp3) is 0.875. The quantitative estimate of drug-likeness (QED) is 0.498. The maximum atomic E-state index is 10.9. The smallest absolute Gasteiger partial charge is 0.314 e. The molecule has 0 aromatic carbocycles. The molecule has 0 aromatic rings. The summed E-state index contributed by atoms with van der Waals surface area (Å²) in [4.78, 5) is 12.3. The summed E-state index contributed by atoms with van der Waals surface area (Å²) < 4.78 is 0. The van der Waals surface area contributed by atoms with Crippen molar-refractivity contribution in [3.05, 3.63) is 0 Å². The summed E-state index contributed by atoms with van der Waals surface area (Å²) in [5, 5.41) is 12.6. The number of nitrogens with two attached hydrogens (primary N) is 1. The molecule has 4 N–H and O–H groups in total. The highest BCUT2D eigenvalue weighted by atomic mass is 16.3. The van der Waals surface area contributed by atoms with Crippen LogP contribution in [0, 0.1) is 0 Å². The third-order valence-corrected chi connectivity index (χ3v) is 2.47. The van der Waals surface area contributed by atoms with Gasteiger partial charge in [-0.15, -0.1) is 0 Å². The van der Waals surface area contributed by atoms with Crippen LogP contribution in [-0.2, 0) is 0 Å². The van der Waals surface area contributed by atoms with Gasteiger partial charge in [0.1, 0.15) is 0 Å². The van der Waals surface area contributed by atoms with Gasteiger partial charge in [-0.1, -0.05) is 0 Å². The Labute approximate surface area is 77.9 Å². The second kappa shape index (κ2) is 4.43. The number of carbonyl (C=O) groups excluding carboxylic acids is 1. The largest absolute Gasteiger partial charge is 0.393 e. The molecular weight excluding hydrogens is 170 g/mol. The SMILES string of the molecule is CN(C(N)=O)C1CNCCC(O)C1. The number of hydrogen-bond acceptors (Lipinski definition) is 3. The maximum absolute atomic E-state index is 10.9. The summed E-state index contributed by atoms with van der Waals surface area (Å²) in [6.07, 6.45) is 1.01. The lowest BCUT2D eigenvalue weighted by atomic mass is 10.1. The molecule has 0 saturated carbocycles. The molecule has 1 aliphatic heterocycles. The molecule has 1 rings (SSSR count). The number of hydrogen-bond donors (Lipinski definition) is 3. The Kier molecular flexibility index (Phi) is 3.50. The Hall–Kier alpha value is -0.810. The van der Waals surface area contributed by atoms with Crippen LogP contribution in [0.3, 0.4) is 0 Å². The molecule has 1 fully saturated rings. The summed E-state index contributed by atoms with van der Waals surface area (Å²) in [7, 11) is 1.66. The van der Waals surface area contributed by atoms with Gasteiger partial charge in [0.15, 0.2) is 0 Å². The van der Waals surface area contributed by atoms with Crippen LogP contribution >= 0.6 is 0 Å². The molecule has 0 spiro atoms. The van der Waals surface area contributed by atoms with Crippen LogP contribution in [0.25, 0.3) is 0 Å². The van der Waals surface area contributed by atoms with E-state index in [0.29, 0.717) is 13.0 Å². The van der Waals surface area contributed by atoms with Crippen molar-refractivity contribution in [1.29, 1.82) is 0 Å². The van der Waals surface area contributed by atoms with Gasteiger partial charge in [-0.25, -0.2) is 4.79 Å². The average molecular weight is 187 g/mol. The Morgan fingerprint density at radius 2 is 2.38 bits per heavy atom. The summed E-state index contributed by atoms with van der Waals surface area (Å²) in [5.41, 5.74) is 5.14. The van der Waals surface area contributed by atoms with E-state index in [2.05, 4.69) is 5.32 Å². The molecule has 0 radical (unpaired) electrons. The van der Waals surface area contributed by atoms with Gasteiger partial charge in [-0.2, -0.15) is 0 Å². The Morgan fingerprint density at radius 3 is 3.00 bits per heavy atom. The minimum Gasteiger partial charge on any atom is -0.393 e. The lowest BCUT2D eigenvalue weighted by molar-refractivity contribution is 0.129. The number of urea groups is 1. The minimum atomic E-state index is -0.444. The van der Waals surface area contributed by atoms with Crippen molar-refractivity contribution in [3.8, 4) is 0 Å². The maximum Gasteiger partial charge on any atom is 0.314 e. The number of rotatable bonds is 1. The molecule has 0 aliphatic carbocycles. The van der Waals surface area contributed by atoms with Gasteiger partial charge in [0.2, 0.25) is 0 Å². The minimum absolute atomic E-state index is 0.00926. The van der Waals surface area contributed by atoms with Crippen molar-refractivity contribution in [1.82, 2.24) is 10.2 Å². The zero-order valence-corrected chi connectivity index (χ0v) is 7.86. The van der Waals surface area contributed by atoms with Crippen molar-refractivity contribution >= 4 is 6.03 Å². The van der Waals surface area contributed by atoms with E-state index in [4.69, 9.17) is 5.73 Å². The van der Waals surface area contributed by atoms with Crippen molar-refractivity contribution in [2.75, 3.05) is 20.1 Å². The van der Waals surface area contributed by atoms with Crippen molar-refractivity contribution in [3.63, 3.8) is 0 Å². The number of amides is 2. The number of aliphatic hydroxyl groups excluding tert-OH is 1. The highest BCUT2D eigenvalue weighted by Gasteiger charge is 2.23. The number of primary amides is 1. The van der Waals surface area contributed by atoms with E-state index in [1.54, 1.807) is 7.05 Å². The first-order valence-electron chi connectivity index (χ1n) is 4.52. The van der Waals surface area contributed by atoms with Crippen LogP contribution < -0.4 is 11.1 Å². The zero-order valence-electron chi connectivity index (χ0n) is 7.86. The number of nitrogens with zero attached hydrogens (tertiary/aromatic N) is 1. The van der Waals surface area contributed by atoms with Crippen LogP contribution in [0.15, 0.2) is 0 Å². The number of nitrogens with one attached hydrogen (secondary N) is 1. The van der Waals surface area contributed by atoms with E-state index in [9.17, 15) is 9.90 Å². The molecule has 5 nitrogen and oxygen atoms in total. The van der Waals surface area contributed by atoms with E-state index >= 15 is 0 Å². The second-order valence-electron chi connectivity index (χ2n) is 3.49. The molecule has 0 aromatic heterocycles. The highest BCUT2D eigenvalue weighted by molar-refractivity contribution is 5.72. The number of aliphatic hydroxyl groups is 1. The van der Waals surface area contributed by atoms with Gasteiger partial charge in [0, 0.05) is 19.6 Å². The predicted molar refractivity (Wildman–Crippen MR) is 49.2 cm³/mol. The highest BCUT2D eigenvalue weighted by Crippen LogP contribution is 2.10. The summed E-state index contributed by atoms with van der Waals surface area (Å²) in [6, 6.07) is -0.434. The number of carbonyl (C=O) groups is 1. The van der Waals surface area contributed by atoms with E-state index in [1.165, 1.54) is 4.90 Å². The van der Waals surface area contributed by atoms with E-state index in [1.807, 2.05) is 0 Å². The summed E-state index contributed by atoms with van der Waals surface area (Å²) >= 11 is 0. The molecule has 0 bridgehead atoms. The molecule has 1 saturated heterocycles. The van der Waals surface area contributed by atoms with Crippen LogP contribution in [0.1, 0.15) is 12.8 Å². The fourth-order valence-electron chi connectivity index (χ4n) is 1.53. The standard InChI is InChI=1S/C8H17N3O2/c1-11(8(9)13)6-4-7(12)2-3-10-5-6/h6-7,10,12H,2-5H2,1H3,(H2,9,13). The fourth-order valence-corrected chi connectivity index (χ4v) is 1.53. The van der Waals surface area contributed by atoms with Crippen molar-refractivity contribution in [2.45, 2.75) is 25.0 Å². The Morgan fingerprint density at radius 1 is 1.69 bits per heavy atom. The molecule has 2 unspecified atom stereocenters. The molecule has 1 heterocycles. The first kappa shape index (κ1) is 10.3. The van der Waals surface area contributed by atoms with Crippen LogP contribution in [-0.4, -0.2) is 48.3 Å². The van der Waals surface area contributed by atoms with Gasteiger partial charge < -0.3 is 21.1 Å². The second-order valence-corrected chi connectivity index (χ2v) is 3.49. The average Bonchev–Trinajstić information content (AvgIpc) is 2.28. The van der Waals surface area contributed by atoms with Gasteiger partial charge in [0.25, 0.3) is 0 Å². The lowest BCUT2D eigenvalue weighted by Crippen LogP contribution is -2.45. The third kappa shape index (κ3) is 2.86. The van der Waals surface area contributed by atoms with Gasteiger partial charge in [-0.05, 0) is 19.4 Å². The molecule has 76 valence electrons. The Bertz CT molecular complexity index is 186. The first-order valence-corrected chi connectivity index (χ1v) is 4.52. The predicted octanol–water partition coefficient (Wildman–Crippen LogP) is -0.890. The van der Waals surface area contributed by atoms with Crippen LogP contribution in [0.5, 0.6) is 0 Å². The summed E-state index contributed by atoms with van der Waals surface area (Å²) in [5.74, 6) is 0. The first-order chi connectivity index (χ1) is 6.11. The molecule has 2 atom stereocenters. The third-order valence-electron chi connectivity index (χ3n) is 2.47. The Balaban J connectivity index is 2.51. The molecule has 5 heteroatoms. The number of likely N-dealkylation sites (N-methyl/N-ethyl adjacent to an activating group) is 1. The van der Waals surface area contributed by atoms with E-state index in [-0.39, 0.29) is 12.1 Å². The van der Waals surface area contributed by atoms with E-state index in [0.717, 1.165) is 13.0 Å². The van der Waals surface area contributed by atoms with Gasteiger partial charge >= 0.3 is 6.03 Å². The molecule has 1 aliphatic rings.